The first-order valence-electron chi connectivity index (χ1n) is 17.7. The van der Waals surface area contributed by atoms with Crippen LogP contribution in [0.2, 0.25) is 72.5 Å². The van der Waals surface area contributed by atoms with E-state index in [9.17, 15) is 0 Å². The molecule has 0 radical (unpaired) electrons. The summed E-state index contributed by atoms with van der Waals surface area (Å²) in [4.78, 5) is 0. The predicted molar refractivity (Wildman–Crippen MR) is 222 cm³/mol. The summed E-state index contributed by atoms with van der Waals surface area (Å²) < 4.78 is 16.5. The van der Waals surface area contributed by atoms with Crippen molar-refractivity contribution >= 4 is 60.4 Å². The fourth-order valence-corrected chi connectivity index (χ4v) is 54.8. The molecule has 0 aliphatic carbocycles. The highest BCUT2D eigenvalue weighted by Gasteiger charge is 2.82. The molecule has 2 aromatic carbocycles. The summed E-state index contributed by atoms with van der Waals surface area (Å²) in [6, 6.07) is 23.7. The van der Waals surface area contributed by atoms with Crippen LogP contribution in [-0.4, -0.2) is 57.9 Å². The summed E-state index contributed by atoms with van der Waals surface area (Å²) in [6.45, 7) is 51.5. The zero-order chi connectivity index (χ0) is 35.8. The SMILES string of the molecule is CC(C)(C)[Si](C)(C)N[Si]1(c2ccccc2)N([Si](C)(C)C(C)(C)C)[Si](N[Si](C)(C)C(C)(C)C)(c2ccccc2)N1[Si](C)(C)C(C)(C)C. The molecule has 0 unspecified atom stereocenters. The molecule has 1 fully saturated rings. The summed E-state index contributed by atoms with van der Waals surface area (Å²) in [5.74, 6) is 0. The van der Waals surface area contributed by atoms with E-state index in [-0.39, 0.29) is 20.2 Å². The van der Waals surface area contributed by atoms with Crippen LogP contribution in [0.1, 0.15) is 83.1 Å². The van der Waals surface area contributed by atoms with Gasteiger partial charge in [-0.25, -0.2) is 0 Å². The van der Waals surface area contributed by atoms with Crippen molar-refractivity contribution in [1.29, 1.82) is 0 Å². The highest BCUT2D eigenvalue weighted by Crippen LogP contribution is 2.55. The van der Waals surface area contributed by atoms with Crippen LogP contribution in [0.3, 0.4) is 0 Å². The zero-order valence-corrected chi connectivity index (χ0v) is 39.7. The van der Waals surface area contributed by atoms with Crippen LogP contribution in [0.25, 0.3) is 0 Å². The van der Waals surface area contributed by atoms with Crippen LogP contribution in [0, 0.1) is 0 Å². The lowest BCUT2D eigenvalue weighted by atomic mass is 10.2. The van der Waals surface area contributed by atoms with Gasteiger partial charge in [-0.05, 0) is 30.5 Å². The second-order valence-corrected chi connectivity index (χ2v) is 50.3. The minimum atomic E-state index is -2.77. The highest BCUT2D eigenvalue weighted by atomic mass is 28.6. The van der Waals surface area contributed by atoms with Gasteiger partial charge in [0.1, 0.15) is 32.9 Å². The van der Waals surface area contributed by atoms with Crippen LogP contribution in [0.4, 0.5) is 0 Å². The normalized spacial score (nSPS) is 23.4. The predicted octanol–water partition coefficient (Wildman–Crippen LogP) is 9.50. The number of hydrogen-bond donors (Lipinski definition) is 2. The van der Waals surface area contributed by atoms with E-state index in [1.165, 1.54) is 0 Å². The van der Waals surface area contributed by atoms with E-state index in [1.54, 1.807) is 10.4 Å². The minimum absolute atomic E-state index is 0.163. The number of nitrogens with one attached hydrogen (secondary N) is 2. The maximum absolute atomic E-state index is 4.88. The van der Waals surface area contributed by atoms with Gasteiger partial charge >= 0.3 is 0 Å². The Labute approximate surface area is 292 Å². The molecule has 0 bridgehead atoms. The summed E-state index contributed by atoms with van der Waals surface area (Å²) in [5.41, 5.74) is 0. The third-order valence-electron chi connectivity index (χ3n) is 13.2. The first kappa shape index (κ1) is 40.0. The van der Waals surface area contributed by atoms with Gasteiger partial charge in [-0.3, -0.25) is 0 Å². The van der Waals surface area contributed by atoms with Crippen molar-refractivity contribution in [2.75, 3.05) is 0 Å². The molecule has 0 spiro atoms. The number of benzene rings is 2. The van der Waals surface area contributed by atoms with Crippen molar-refractivity contribution < 1.29 is 0 Å². The molecule has 10 heteroatoms. The molecule has 0 saturated carbocycles. The van der Waals surface area contributed by atoms with Gasteiger partial charge in [-0.2, -0.15) is 0 Å². The summed E-state index contributed by atoms with van der Waals surface area (Å²) in [5, 5.41) is 3.81. The highest BCUT2D eigenvalue weighted by molar-refractivity contribution is 7.30. The second-order valence-electron chi connectivity index (χ2n) is 20.4. The van der Waals surface area contributed by atoms with Crippen molar-refractivity contribution in [2.45, 2.75) is 156 Å². The third kappa shape index (κ3) is 6.35. The molecular formula is C36H72N4Si6. The van der Waals surface area contributed by atoms with Gasteiger partial charge in [0.05, 0.1) is 0 Å². The Hall–Kier alpha value is -0.419. The molecular weight excluding hydrogens is 657 g/mol. The summed E-state index contributed by atoms with van der Waals surface area (Å²) in [7, 11) is -14.0. The van der Waals surface area contributed by atoms with Gasteiger partial charge in [-0.15, -0.1) is 0 Å². The molecule has 1 aliphatic rings. The van der Waals surface area contributed by atoms with E-state index in [0.29, 0.717) is 0 Å². The molecule has 0 atom stereocenters. The maximum Gasteiger partial charge on any atom is 0.291 e. The average molecular weight is 730 g/mol. The smallest absolute Gasteiger partial charge is 0.291 e. The first-order valence-corrected chi connectivity index (χ1v) is 33.3. The lowest BCUT2D eigenvalue weighted by molar-refractivity contribution is 0.518. The molecule has 2 aromatic rings. The lowest BCUT2D eigenvalue weighted by Crippen LogP contribution is -3.14. The van der Waals surface area contributed by atoms with Crippen LogP contribution >= 0.6 is 0 Å². The first-order chi connectivity index (χ1) is 20.4. The molecule has 1 heterocycles. The third-order valence-corrected chi connectivity index (χ3v) is 57.4. The number of hydrogen-bond acceptors (Lipinski definition) is 4. The lowest BCUT2D eigenvalue weighted by Gasteiger charge is -2.81. The number of nitrogens with zero attached hydrogens (tertiary/aromatic N) is 2. The molecule has 1 saturated heterocycles. The summed E-state index contributed by atoms with van der Waals surface area (Å²) >= 11 is 0. The van der Waals surface area contributed by atoms with Crippen molar-refractivity contribution in [2.24, 2.45) is 0 Å². The van der Waals surface area contributed by atoms with Gasteiger partial charge in [0.25, 0.3) is 17.1 Å². The Morgan fingerprint density at radius 2 is 0.652 bits per heavy atom. The maximum atomic E-state index is 4.88. The Bertz CT molecular complexity index is 1230. The quantitative estimate of drug-likeness (QED) is 0.265. The molecule has 260 valence electrons. The van der Waals surface area contributed by atoms with Crippen molar-refractivity contribution in [1.82, 2.24) is 17.1 Å². The summed E-state index contributed by atoms with van der Waals surface area (Å²) in [6.07, 6.45) is 0. The van der Waals surface area contributed by atoms with Crippen molar-refractivity contribution in [3.8, 4) is 0 Å². The standard InChI is InChI=1S/C36H72N4Si6/c1-33(2,3)41(13,14)37-45(31-27-23-21-24-28-31)39(43(17,18)35(7,8)9)46(32-29-25-22-26-30-32,38-42(15,16)34(4,5)6)40(45)44(19,20)36(10,11)12/h21-30,37-38H,1-20H3. The van der Waals surface area contributed by atoms with E-state index in [1.807, 2.05) is 0 Å². The van der Waals surface area contributed by atoms with E-state index in [4.69, 9.17) is 9.30 Å². The molecule has 46 heavy (non-hydrogen) atoms. The molecule has 2 N–H and O–H groups in total. The van der Waals surface area contributed by atoms with E-state index >= 15 is 0 Å². The van der Waals surface area contributed by atoms with Gasteiger partial charge in [0.15, 0.2) is 0 Å². The van der Waals surface area contributed by atoms with E-state index in [0.717, 1.165) is 0 Å². The Morgan fingerprint density at radius 1 is 0.413 bits per heavy atom. The molecule has 4 nitrogen and oxygen atoms in total. The van der Waals surface area contributed by atoms with Gasteiger partial charge in [-0.1, -0.05) is 196 Å². The zero-order valence-electron chi connectivity index (χ0n) is 33.7. The van der Waals surface area contributed by atoms with Gasteiger partial charge in [0, 0.05) is 0 Å². The molecule has 1 aliphatic heterocycles. The van der Waals surface area contributed by atoms with Crippen LogP contribution in [0.15, 0.2) is 60.7 Å². The second kappa shape index (κ2) is 12.1. The van der Waals surface area contributed by atoms with Crippen LogP contribution in [0.5, 0.6) is 0 Å². The van der Waals surface area contributed by atoms with E-state index < -0.39 is 50.1 Å². The number of rotatable bonds is 8. The van der Waals surface area contributed by atoms with Crippen LogP contribution < -0.4 is 19.7 Å². The van der Waals surface area contributed by atoms with E-state index in [2.05, 4.69) is 204 Å². The largest absolute Gasteiger partial charge is 0.332 e. The monoisotopic (exact) mass is 728 g/mol. The van der Waals surface area contributed by atoms with Crippen molar-refractivity contribution in [3.63, 3.8) is 0 Å². The molecule has 0 aromatic heterocycles. The fourth-order valence-electron chi connectivity index (χ4n) is 6.38. The Morgan fingerprint density at radius 3 is 0.848 bits per heavy atom. The Balaban J connectivity index is 2.76. The fraction of sp³-hybridized carbons (Fsp3) is 0.667. The topological polar surface area (TPSA) is 30.5 Å². The van der Waals surface area contributed by atoms with Crippen molar-refractivity contribution in [3.05, 3.63) is 60.7 Å². The average Bonchev–Trinajstić information content (AvgIpc) is 2.85. The molecule has 3 rings (SSSR count). The van der Waals surface area contributed by atoms with Gasteiger partial charge < -0.3 is 17.1 Å². The minimum Gasteiger partial charge on any atom is -0.332 e. The Kier molecular flexibility index (Phi) is 10.5. The molecule has 0 amide bonds. The van der Waals surface area contributed by atoms with Gasteiger partial charge in [0.2, 0.25) is 0 Å². The van der Waals surface area contributed by atoms with Crippen LogP contribution in [-0.2, 0) is 0 Å².